The van der Waals surface area contributed by atoms with Crippen molar-refractivity contribution in [2.45, 2.75) is 13.0 Å². The molecule has 0 aliphatic carbocycles. The van der Waals surface area contributed by atoms with E-state index in [1.54, 1.807) is 17.2 Å². The first-order chi connectivity index (χ1) is 12.1. The molecule has 2 aromatic rings. The number of carbonyl (C=O) groups excluding carboxylic acids is 1. The number of carbonyl (C=O) groups is 1. The van der Waals surface area contributed by atoms with Crippen LogP contribution in [0.4, 0.5) is 22.0 Å². The predicted octanol–water partition coefficient (Wildman–Crippen LogP) is 2.51. The van der Waals surface area contributed by atoms with Crippen LogP contribution in [0.5, 0.6) is 0 Å². The fourth-order valence-corrected chi connectivity index (χ4v) is 3.41. The Morgan fingerprint density at radius 2 is 2.08 bits per heavy atom. The summed E-state index contributed by atoms with van der Waals surface area (Å²) in [6, 6.07) is 8.84. The van der Waals surface area contributed by atoms with E-state index < -0.39 is 4.92 Å². The minimum Gasteiger partial charge on any atom is -0.447 e. The first-order valence-corrected chi connectivity index (χ1v) is 8.04. The molecule has 1 saturated heterocycles. The van der Waals surface area contributed by atoms with Gasteiger partial charge in [0, 0.05) is 25.4 Å². The van der Waals surface area contributed by atoms with E-state index in [0.717, 1.165) is 16.8 Å². The van der Waals surface area contributed by atoms with Crippen molar-refractivity contribution >= 4 is 23.3 Å². The molecule has 0 unspecified atom stereocenters. The minimum atomic E-state index is -0.408. The Morgan fingerprint density at radius 1 is 1.20 bits per heavy atom. The summed E-state index contributed by atoms with van der Waals surface area (Å²) in [5, 5.41) is 11.3. The summed E-state index contributed by atoms with van der Waals surface area (Å²) in [5.74, 6) is 0.379. The maximum atomic E-state index is 11.9. The van der Waals surface area contributed by atoms with Crippen molar-refractivity contribution in [2.24, 2.45) is 0 Å². The van der Waals surface area contributed by atoms with E-state index in [2.05, 4.69) is 4.98 Å². The summed E-state index contributed by atoms with van der Waals surface area (Å²) in [6.45, 7) is 2.06. The van der Waals surface area contributed by atoms with Gasteiger partial charge in [-0.15, -0.1) is 0 Å². The highest BCUT2D eigenvalue weighted by Crippen LogP contribution is 2.34. The Balaban J connectivity index is 1.67. The molecule has 3 heterocycles. The highest BCUT2D eigenvalue weighted by molar-refractivity contribution is 5.90. The van der Waals surface area contributed by atoms with Crippen molar-refractivity contribution in [3.05, 3.63) is 57.8 Å². The number of fused-ring (bicyclic) bond motifs is 1. The van der Waals surface area contributed by atoms with Crippen LogP contribution in [0.2, 0.25) is 0 Å². The highest BCUT2D eigenvalue weighted by Gasteiger charge is 2.30. The van der Waals surface area contributed by atoms with Gasteiger partial charge in [0.15, 0.2) is 0 Å². The van der Waals surface area contributed by atoms with E-state index in [-0.39, 0.29) is 11.8 Å². The van der Waals surface area contributed by atoms with Crippen molar-refractivity contribution in [3.8, 4) is 0 Å². The van der Waals surface area contributed by atoms with Gasteiger partial charge in [-0.1, -0.05) is 12.1 Å². The van der Waals surface area contributed by atoms with Gasteiger partial charge in [0.1, 0.15) is 6.61 Å². The fourth-order valence-electron chi connectivity index (χ4n) is 3.41. The lowest BCUT2D eigenvalue weighted by molar-refractivity contribution is -0.384. The van der Waals surface area contributed by atoms with E-state index in [0.29, 0.717) is 38.5 Å². The number of nitrogens with zero attached hydrogens (tertiary/aromatic N) is 4. The Kier molecular flexibility index (Phi) is 3.72. The van der Waals surface area contributed by atoms with Crippen molar-refractivity contribution in [3.63, 3.8) is 0 Å². The molecule has 0 spiro atoms. The molecule has 0 radical (unpaired) electrons. The Hall–Kier alpha value is -3.16. The Bertz CT molecular complexity index is 854. The van der Waals surface area contributed by atoms with Crippen LogP contribution in [-0.4, -0.2) is 35.7 Å². The van der Waals surface area contributed by atoms with E-state index in [4.69, 9.17) is 4.74 Å². The second kappa shape index (κ2) is 6.04. The van der Waals surface area contributed by atoms with Gasteiger partial charge in [-0.2, -0.15) is 0 Å². The number of anilines is 2. The zero-order valence-electron chi connectivity index (χ0n) is 13.4. The lowest BCUT2D eigenvalue weighted by atomic mass is 9.97. The maximum absolute atomic E-state index is 11.9. The monoisotopic (exact) mass is 340 g/mol. The van der Waals surface area contributed by atoms with Gasteiger partial charge in [-0.3, -0.25) is 15.0 Å². The van der Waals surface area contributed by atoms with Crippen LogP contribution in [0.3, 0.4) is 0 Å². The number of rotatable bonds is 3. The summed E-state index contributed by atoms with van der Waals surface area (Å²) in [4.78, 5) is 30.5. The third kappa shape index (κ3) is 2.65. The Labute approximate surface area is 143 Å². The number of benzene rings is 1. The molecular weight excluding hydrogens is 324 g/mol. The molecular formula is C17H16N4O4. The molecule has 1 aromatic carbocycles. The number of hydrogen-bond acceptors (Lipinski definition) is 6. The number of amides is 1. The summed E-state index contributed by atoms with van der Waals surface area (Å²) < 4.78 is 5.04. The average Bonchev–Trinajstić information content (AvgIpc) is 3.06. The molecule has 2 aliphatic heterocycles. The van der Waals surface area contributed by atoms with Crippen LogP contribution in [0, 0.1) is 10.1 Å². The standard InChI is InChI=1S/C17H16N4O4/c22-17-20(9-10-25-17)14-4-1-3-12-11-19(8-6-13(12)14)16-15(21(23)24)5-2-7-18-16/h1-5,7H,6,8-11H2. The van der Waals surface area contributed by atoms with Crippen LogP contribution >= 0.6 is 0 Å². The van der Waals surface area contributed by atoms with Gasteiger partial charge >= 0.3 is 11.8 Å². The second-order valence-electron chi connectivity index (χ2n) is 5.96. The van der Waals surface area contributed by atoms with E-state index in [9.17, 15) is 14.9 Å². The number of pyridine rings is 1. The molecule has 8 nitrogen and oxygen atoms in total. The number of ether oxygens (including phenoxy) is 1. The number of aromatic nitrogens is 1. The summed E-state index contributed by atoms with van der Waals surface area (Å²) in [6.07, 6.45) is 1.92. The number of hydrogen-bond donors (Lipinski definition) is 0. The van der Waals surface area contributed by atoms with Crippen LogP contribution < -0.4 is 9.80 Å². The van der Waals surface area contributed by atoms with E-state index in [1.165, 1.54) is 6.07 Å². The zero-order chi connectivity index (χ0) is 17.4. The van der Waals surface area contributed by atoms with Crippen LogP contribution in [-0.2, 0) is 17.7 Å². The first-order valence-electron chi connectivity index (χ1n) is 8.04. The lowest BCUT2D eigenvalue weighted by Crippen LogP contribution is -2.33. The third-order valence-corrected chi connectivity index (χ3v) is 4.56. The predicted molar refractivity (Wildman–Crippen MR) is 90.8 cm³/mol. The molecule has 0 saturated carbocycles. The highest BCUT2D eigenvalue weighted by atomic mass is 16.6. The smallest absolute Gasteiger partial charge is 0.414 e. The Morgan fingerprint density at radius 3 is 2.84 bits per heavy atom. The number of nitro groups is 1. The van der Waals surface area contributed by atoms with Crippen molar-refractivity contribution < 1.29 is 14.5 Å². The fraction of sp³-hybridized carbons (Fsp3) is 0.294. The van der Waals surface area contributed by atoms with Crippen LogP contribution in [0.1, 0.15) is 11.1 Å². The molecule has 1 aromatic heterocycles. The first kappa shape index (κ1) is 15.4. The van der Waals surface area contributed by atoms with Gasteiger partial charge < -0.3 is 9.64 Å². The average molecular weight is 340 g/mol. The molecule has 0 atom stereocenters. The largest absolute Gasteiger partial charge is 0.447 e. The van der Waals surface area contributed by atoms with Gasteiger partial charge in [0.2, 0.25) is 5.82 Å². The third-order valence-electron chi connectivity index (χ3n) is 4.56. The molecule has 0 bridgehead atoms. The van der Waals surface area contributed by atoms with Crippen molar-refractivity contribution in [1.29, 1.82) is 0 Å². The molecule has 25 heavy (non-hydrogen) atoms. The van der Waals surface area contributed by atoms with E-state index in [1.807, 2.05) is 23.1 Å². The number of cyclic esters (lactones) is 1. The van der Waals surface area contributed by atoms with Crippen molar-refractivity contribution in [2.75, 3.05) is 29.5 Å². The molecule has 0 N–H and O–H groups in total. The van der Waals surface area contributed by atoms with Gasteiger partial charge in [0.25, 0.3) is 0 Å². The summed E-state index contributed by atoms with van der Waals surface area (Å²) in [7, 11) is 0. The summed E-state index contributed by atoms with van der Waals surface area (Å²) >= 11 is 0. The van der Waals surface area contributed by atoms with Gasteiger partial charge in [-0.25, -0.2) is 9.78 Å². The lowest BCUT2D eigenvalue weighted by Gasteiger charge is -2.31. The van der Waals surface area contributed by atoms with Crippen LogP contribution in [0.25, 0.3) is 0 Å². The van der Waals surface area contributed by atoms with Gasteiger partial charge in [-0.05, 0) is 29.7 Å². The molecule has 1 amide bonds. The maximum Gasteiger partial charge on any atom is 0.414 e. The molecule has 1 fully saturated rings. The van der Waals surface area contributed by atoms with Crippen molar-refractivity contribution in [1.82, 2.24) is 4.98 Å². The minimum absolute atomic E-state index is 0.00484. The topological polar surface area (TPSA) is 88.8 Å². The van der Waals surface area contributed by atoms with Crippen LogP contribution in [0.15, 0.2) is 36.5 Å². The quantitative estimate of drug-likeness (QED) is 0.630. The molecule has 128 valence electrons. The van der Waals surface area contributed by atoms with E-state index >= 15 is 0 Å². The molecule has 2 aliphatic rings. The zero-order valence-corrected chi connectivity index (χ0v) is 13.4. The molecule has 8 heteroatoms. The van der Waals surface area contributed by atoms with Gasteiger partial charge in [0.05, 0.1) is 17.2 Å². The molecule has 4 rings (SSSR count). The summed E-state index contributed by atoms with van der Waals surface area (Å²) in [5.41, 5.74) is 3.01. The normalized spacial score (nSPS) is 16.6. The second-order valence-corrected chi connectivity index (χ2v) is 5.96. The SMILES string of the molecule is O=C1OCCN1c1cccc2c1CCN(c1ncccc1[N+](=O)[O-])C2.